The van der Waals surface area contributed by atoms with Crippen molar-refractivity contribution in [2.75, 3.05) is 6.54 Å². The monoisotopic (exact) mass is 197 g/mol. The zero-order chi connectivity index (χ0) is 10.2. The fourth-order valence-electron chi connectivity index (χ4n) is 2.03. The fourth-order valence-corrected chi connectivity index (χ4v) is 2.03. The van der Waals surface area contributed by atoms with E-state index in [1.54, 1.807) is 0 Å². The van der Waals surface area contributed by atoms with E-state index in [0.717, 1.165) is 6.54 Å². The topological polar surface area (TPSA) is 50.4 Å². The fraction of sp³-hybridized carbons (Fsp3) is 0.909. The van der Waals surface area contributed by atoms with Crippen molar-refractivity contribution < 1.29 is 0 Å². The smallest absolute Gasteiger partial charge is 0.188 e. The summed E-state index contributed by atoms with van der Waals surface area (Å²) in [7, 11) is 0. The van der Waals surface area contributed by atoms with Crippen LogP contribution in [0.5, 0.6) is 0 Å². The highest BCUT2D eigenvalue weighted by Gasteiger charge is 2.10. The standard InChI is InChI=1S/C11H23N3/c1-2-13-11(12)14-10-8-6-4-3-5-7-9-10/h10H,2-9H2,1H3,(H3,12,13,14). The van der Waals surface area contributed by atoms with Gasteiger partial charge in [0.05, 0.1) is 0 Å². The first-order valence-corrected chi connectivity index (χ1v) is 5.89. The van der Waals surface area contributed by atoms with Gasteiger partial charge >= 0.3 is 0 Å². The van der Waals surface area contributed by atoms with Gasteiger partial charge in [0.15, 0.2) is 5.96 Å². The zero-order valence-corrected chi connectivity index (χ0v) is 9.26. The molecule has 1 aliphatic rings. The van der Waals surface area contributed by atoms with E-state index in [0.29, 0.717) is 12.0 Å². The van der Waals surface area contributed by atoms with Gasteiger partial charge in [-0.1, -0.05) is 32.1 Å². The Morgan fingerprint density at radius 2 is 1.79 bits per heavy atom. The summed E-state index contributed by atoms with van der Waals surface area (Å²) in [6.07, 6.45) is 9.32. The number of nitrogens with one attached hydrogen (secondary N) is 1. The molecule has 0 aromatic rings. The molecule has 1 saturated carbocycles. The number of rotatable bonds is 2. The molecule has 1 rings (SSSR count). The first kappa shape index (κ1) is 11.3. The van der Waals surface area contributed by atoms with Crippen LogP contribution in [-0.2, 0) is 0 Å². The average molecular weight is 197 g/mol. The molecule has 3 heteroatoms. The minimum atomic E-state index is 0.561. The van der Waals surface area contributed by atoms with Crippen LogP contribution in [0.1, 0.15) is 51.9 Å². The van der Waals surface area contributed by atoms with Crippen LogP contribution in [0.25, 0.3) is 0 Å². The van der Waals surface area contributed by atoms with Crippen LogP contribution in [-0.4, -0.2) is 18.5 Å². The first-order chi connectivity index (χ1) is 6.83. The molecule has 1 aliphatic carbocycles. The van der Waals surface area contributed by atoms with Crippen molar-refractivity contribution in [2.45, 2.75) is 57.9 Å². The normalized spacial score (nSPS) is 21.4. The van der Waals surface area contributed by atoms with E-state index < -0.39 is 0 Å². The molecule has 0 saturated heterocycles. The van der Waals surface area contributed by atoms with Gasteiger partial charge in [-0.25, -0.2) is 0 Å². The predicted molar refractivity (Wildman–Crippen MR) is 61.4 cm³/mol. The van der Waals surface area contributed by atoms with Crippen LogP contribution >= 0.6 is 0 Å². The van der Waals surface area contributed by atoms with Crippen molar-refractivity contribution in [3.05, 3.63) is 0 Å². The Labute approximate surface area is 87.2 Å². The largest absolute Gasteiger partial charge is 0.370 e. The molecule has 0 amide bonds. The lowest BCUT2D eigenvalue weighted by atomic mass is 9.97. The van der Waals surface area contributed by atoms with Crippen molar-refractivity contribution in [2.24, 2.45) is 10.7 Å². The summed E-state index contributed by atoms with van der Waals surface area (Å²) in [6, 6.07) is 0.561. The Bertz CT molecular complexity index is 169. The van der Waals surface area contributed by atoms with Crippen LogP contribution in [0, 0.1) is 0 Å². The Hall–Kier alpha value is -0.730. The first-order valence-electron chi connectivity index (χ1n) is 5.89. The van der Waals surface area contributed by atoms with Crippen molar-refractivity contribution in [1.82, 2.24) is 5.32 Å². The number of aliphatic imine (C=N–C) groups is 1. The summed E-state index contributed by atoms with van der Waals surface area (Å²) in [6.45, 7) is 2.78. The Morgan fingerprint density at radius 1 is 1.21 bits per heavy atom. The van der Waals surface area contributed by atoms with Crippen molar-refractivity contribution in [3.8, 4) is 0 Å². The molecule has 0 unspecified atom stereocenters. The SMILES string of the molecule is CCN=C(N)NC1CCCCCCC1. The van der Waals surface area contributed by atoms with Crippen LogP contribution in [0.15, 0.2) is 4.99 Å². The Morgan fingerprint density at radius 3 is 2.36 bits per heavy atom. The van der Waals surface area contributed by atoms with Gasteiger partial charge in [-0.3, -0.25) is 4.99 Å². The molecule has 0 bridgehead atoms. The molecular weight excluding hydrogens is 174 g/mol. The Balaban J connectivity index is 2.29. The van der Waals surface area contributed by atoms with Crippen molar-refractivity contribution in [3.63, 3.8) is 0 Å². The minimum Gasteiger partial charge on any atom is -0.370 e. The van der Waals surface area contributed by atoms with Gasteiger partial charge in [0, 0.05) is 12.6 Å². The molecule has 14 heavy (non-hydrogen) atoms. The number of nitrogens with zero attached hydrogens (tertiary/aromatic N) is 1. The van der Waals surface area contributed by atoms with Crippen LogP contribution < -0.4 is 11.1 Å². The van der Waals surface area contributed by atoms with Crippen LogP contribution in [0.2, 0.25) is 0 Å². The molecule has 0 spiro atoms. The second kappa shape index (κ2) is 6.68. The summed E-state index contributed by atoms with van der Waals surface area (Å²) in [5, 5.41) is 3.32. The van der Waals surface area contributed by atoms with E-state index in [1.165, 1.54) is 44.9 Å². The third-order valence-electron chi connectivity index (χ3n) is 2.79. The second-order valence-corrected chi connectivity index (χ2v) is 4.05. The maximum absolute atomic E-state index is 5.74. The van der Waals surface area contributed by atoms with Gasteiger partial charge in [0.1, 0.15) is 0 Å². The zero-order valence-electron chi connectivity index (χ0n) is 9.26. The summed E-state index contributed by atoms with van der Waals surface area (Å²) in [5.74, 6) is 0.623. The molecule has 1 fully saturated rings. The average Bonchev–Trinajstić information content (AvgIpc) is 2.10. The maximum Gasteiger partial charge on any atom is 0.188 e. The van der Waals surface area contributed by atoms with Gasteiger partial charge in [-0.15, -0.1) is 0 Å². The quantitative estimate of drug-likeness (QED) is 0.525. The van der Waals surface area contributed by atoms with Gasteiger partial charge in [-0.05, 0) is 19.8 Å². The molecule has 3 N–H and O–H groups in total. The molecule has 0 atom stereocenters. The molecule has 0 aliphatic heterocycles. The van der Waals surface area contributed by atoms with Crippen LogP contribution in [0.3, 0.4) is 0 Å². The lowest BCUT2D eigenvalue weighted by Crippen LogP contribution is -2.40. The number of guanidine groups is 1. The molecule has 82 valence electrons. The molecule has 0 aromatic carbocycles. The predicted octanol–water partition coefficient (Wildman–Crippen LogP) is 2.02. The number of nitrogens with two attached hydrogens (primary N) is 1. The molecular formula is C11H23N3. The maximum atomic E-state index is 5.74. The summed E-state index contributed by atoms with van der Waals surface area (Å²) in [4.78, 5) is 4.16. The number of hydrogen-bond donors (Lipinski definition) is 2. The van der Waals surface area contributed by atoms with Gasteiger partial charge < -0.3 is 11.1 Å². The lowest BCUT2D eigenvalue weighted by Gasteiger charge is -2.21. The van der Waals surface area contributed by atoms with E-state index in [4.69, 9.17) is 5.73 Å². The van der Waals surface area contributed by atoms with Crippen LogP contribution in [0.4, 0.5) is 0 Å². The highest BCUT2D eigenvalue weighted by atomic mass is 15.1. The lowest BCUT2D eigenvalue weighted by molar-refractivity contribution is 0.427. The van der Waals surface area contributed by atoms with Gasteiger partial charge in [-0.2, -0.15) is 0 Å². The molecule has 3 nitrogen and oxygen atoms in total. The van der Waals surface area contributed by atoms with E-state index in [-0.39, 0.29) is 0 Å². The molecule has 0 radical (unpaired) electrons. The Kier molecular flexibility index (Phi) is 5.42. The van der Waals surface area contributed by atoms with Crippen molar-refractivity contribution >= 4 is 5.96 Å². The highest BCUT2D eigenvalue weighted by molar-refractivity contribution is 5.78. The summed E-state index contributed by atoms with van der Waals surface area (Å²) in [5.41, 5.74) is 5.74. The minimum absolute atomic E-state index is 0.561. The van der Waals surface area contributed by atoms with Gasteiger partial charge in [0.2, 0.25) is 0 Å². The van der Waals surface area contributed by atoms with E-state index in [2.05, 4.69) is 10.3 Å². The molecule has 0 aromatic heterocycles. The highest BCUT2D eigenvalue weighted by Crippen LogP contribution is 2.16. The molecule has 0 heterocycles. The van der Waals surface area contributed by atoms with Gasteiger partial charge in [0.25, 0.3) is 0 Å². The second-order valence-electron chi connectivity index (χ2n) is 4.05. The summed E-state index contributed by atoms with van der Waals surface area (Å²) < 4.78 is 0. The van der Waals surface area contributed by atoms with E-state index >= 15 is 0 Å². The third kappa shape index (κ3) is 4.49. The van der Waals surface area contributed by atoms with E-state index in [9.17, 15) is 0 Å². The van der Waals surface area contributed by atoms with Crippen molar-refractivity contribution in [1.29, 1.82) is 0 Å². The van der Waals surface area contributed by atoms with E-state index in [1.807, 2.05) is 6.92 Å². The number of hydrogen-bond acceptors (Lipinski definition) is 1. The summed E-state index contributed by atoms with van der Waals surface area (Å²) >= 11 is 0. The third-order valence-corrected chi connectivity index (χ3v) is 2.79.